The van der Waals surface area contributed by atoms with Crippen LogP contribution in [0.15, 0.2) is 29.3 Å². The number of alkyl halides is 3. The molecule has 2 aliphatic rings. The highest BCUT2D eigenvalue weighted by molar-refractivity contribution is 14.0. The van der Waals surface area contributed by atoms with E-state index in [-0.39, 0.29) is 42.5 Å². The summed E-state index contributed by atoms with van der Waals surface area (Å²) in [7, 11) is 0. The number of aliphatic imine (C=N–C) groups is 1. The Kier molecular flexibility index (Phi) is 10.1. The van der Waals surface area contributed by atoms with Crippen LogP contribution in [0.3, 0.4) is 0 Å². The molecule has 0 saturated carbocycles. The summed E-state index contributed by atoms with van der Waals surface area (Å²) in [6.45, 7) is 9.42. The third-order valence-corrected chi connectivity index (χ3v) is 5.94. The second-order valence-corrected chi connectivity index (χ2v) is 8.10. The lowest BCUT2D eigenvalue weighted by atomic mass is 10.1. The van der Waals surface area contributed by atoms with Gasteiger partial charge >= 0.3 is 6.18 Å². The molecular formula is C22H33F3IN5O. The van der Waals surface area contributed by atoms with E-state index in [2.05, 4.69) is 20.1 Å². The lowest BCUT2D eigenvalue weighted by Crippen LogP contribution is -2.57. The molecule has 2 fully saturated rings. The number of likely N-dealkylation sites (tertiary alicyclic amines) is 1. The molecule has 3 rings (SSSR count). The highest BCUT2D eigenvalue weighted by atomic mass is 127. The summed E-state index contributed by atoms with van der Waals surface area (Å²) in [5, 5.41) is 3.24. The van der Waals surface area contributed by atoms with Crippen molar-refractivity contribution in [3.05, 3.63) is 35.4 Å². The highest BCUT2D eigenvalue weighted by Gasteiger charge is 2.31. The first-order valence-electron chi connectivity index (χ1n) is 11.0. The van der Waals surface area contributed by atoms with E-state index in [0.29, 0.717) is 31.2 Å². The van der Waals surface area contributed by atoms with Crippen LogP contribution in [0.4, 0.5) is 13.2 Å². The lowest BCUT2D eigenvalue weighted by molar-refractivity contribution is -0.137. The van der Waals surface area contributed by atoms with E-state index in [9.17, 15) is 18.0 Å². The van der Waals surface area contributed by atoms with Gasteiger partial charge in [0.1, 0.15) is 0 Å². The number of nitrogens with zero attached hydrogens (tertiary/aromatic N) is 4. The largest absolute Gasteiger partial charge is 0.416 e. The molecule has 0 aliphatic carbocycles. The fourth-order valence-corrected chi connectivity index (χ4v) is 4.12. The molecule has 1 unspecified atom stereocenters. The van der Waals surface area contributed by atoms with Gasteiger partial charge in [-0.25, -0.2) is 4.99 Å². The standard InChI is InChI=1S/C22H32F3N5O.HI/c1-3-26-21(27-16-18-7-6-8-19(15-18)22(23,24)25)30-13-11-28(12-14-30)17(2)20(31)29-9-4-5-10-29;/h6-8,15,17H,3-5,9-14,16H2,1-2H3,(H,26,27);1H. The fourth-order valence-electron chi connectivity index (χ4n) is 4.12. The normalized spacial score (nSPS) is 19.0. The van der Waals surface area contributed by atoms with Crippen LogP contribution in [0, 0.1) is 0 Å². The van der Waals surface area contributed by atoms with Crippen LogP contribution in [-0.4, -0.2) is 78.4 Å². The number of hydrogen-bond donors (Lipinski definition) is 1. The Balaban J connectivity index is 0.00000363. The highest BCUT2D eigenvalue weighted by Crippen LogP contribution is 2.29. The molecule has 1 atom stereocenters. The average Bonchev–Trinajstić information content (AvgIpc) is 3.30. The van der Waals surface area contributed by atoms with Crippen LogP contribution in [0.1, 0.15) is 37.8 Å². The molecule has 0 radical (unpaired) electrons. The minimum absolute atomic E-state index is 0. The first kappa shape index (κ1) is 26.7. The van der Waals surface area contributed by atoms with Crippen molar-refractivity contribution in [2.45, 2.75) is 45.5 Å². The Labute approximate surface area is 205 Å². The molecule has 1 amide bonds. The molecule has 10 heteroatoms. The van der Waals surface area contributed by atoms with Crippen LogP contribution in [0.5, 0.6) is 0 Å². The molecule has 2 aliphatic heterocycles. The van der Waals surface area contributed by atoms with Crippen LogP contribution >= 0.6 is 24.0 Å². The maximum absolute atomic E-state index is 12.9. The maximum Gasteiger partial charge on any atom is 0.416 e. The van der Waals surface area contributed by atoms with Crippen molar-refractivity contribution in [2.75, 3.05) is 45.8 Å². The zero-order valence-corrected chi connectivity index (χ0v) is 21.0. The van der Waals surface area contributed by atoms with Gasteiger partial charge < -0.3 is 15.1 Å². The SMILES string of the molecule is CCNC(=NCc1cccc(C(F)(F)F)c1)N1CCN(C(C)C(=O)N2CCCC2)CC1.I. The minimum Gasteiger partial charge on any atom is -0.357 e. The quantitative estimate of drug-likeness (QED) is 0.337. The van der Waals surface area contributed by atoms with E-state index in [0.717, 1.165) is 51.2 Å². The van der Waals surface area contributed by atoms with Crippen LogP contribution < -0.4 is 5.32 Å². The number of carbonyl (C=O) groups is 1. The minimum atomic E-state index is -4.36. The van der Waals surface area contributed by atoms with Crippen molar-refractivity contribution in [1.29, 1.82) is 0 Å². The van der Waals surface area contributed by atoms with Crippen molar-refractivity contribution < 1.29 is 18.0 Å². The van der Waals surface area contributed by atoms with Gasteiger partial charge in [-0.3, -0.25) is 9.69 Å². The fraction of sp³-hybridized carbons (Fsp3) is 0.636. The molecule has 1 aromatic rings. The number of rotatable bonds is 5. The van der Waals surface area contributed by atoms with Gasteiger partial charge in [-0.2, -0.15) is 13.2 Å². The van der Waals surface area contributed by atoms with Gasteiger partial charge in [0.15, 0.2) is 5.96 Å². The first-order chi connectivity index (χ1) is 14.8. The van der Waals surface area contributed by atoms with E-state index in [1.807, 2.05) is 18.7 Å². The third-order valence-electron chi connectivity index (χ3n) is 5.94. The van der Waals surface area contributed by atoms with Crippen molar-refractivity contribution in [3.8, 4) is 0 Å². The number of guanidine groups is 1. The predicted octanol–water partition coefficient (Wildman–Crippen LogP) is 3.42. The summed E-state index contributed by atoms with van der Waals surface area (Å²) in [6, 6.07) is 5.16. The Morgan fingerprint density at radius 2 is 1.75 bits per heavy atom. The zero-order valence-electron chi connectivity index (χ0n) is 18.7. The molecule has 1 N–H and O–H groups in total. The predicted molar refractivity (Wildman–Crippen MR) is 130 cm³/mol. The number of halogens is 4. The Hall–Kier alpha value is -1.56. The Morgan fingerprint density at radius 1 is 1.09 bits per heavy atom. The van der Waals surface area contributed by atoms with Gasteiger partial charge in [-0.05, 0) is 44.4 Å². The van der Waals surface area contributed by atoms with Crippen molar-refractivity contribution >= 4 is 35.8 Å². The Bertz CT molecular complexity index is 775. The monoisotopic (exact) mass is 567 g/mol. The molecular weight excluding hydrogens is 534 g/mol. The number of carbonyl (C=O) groups excluding carboxylic acids is 1. The third kappa shape index (κ3) is 6.97. The van der Waals surface area contributed by atoms with E-state index < -0.39 is 11.7 Å². The molecule has 0 bridgehead atoms. The molecule has 0 aromatic heterocycles. The molecule has 0 spiro atoms. The summed E-state index contributed by atoms with van der Waals surface area (Å²) in [6.07, 6.45) is -2.19. The molecule has 2 heterocycles. The maximum atomic E-state index is 12.9. The van der Waals surface area contributed by atoms with Gasteiger partial charge in [-0.15, -0.1) is 24.0 Å². The molecule has 2 saturated heterocycles. The second kappa shape index (κ2) is 12.1. The van der Waals surface area contributed by atoms with Gasteiger partial charge in [0.2, 0.25) is 5.91 Å². The van der Waals surface area contributed by atoms with Gasteiger partial charge in [0.25, 0.3) is 0 Å². The molecule has 180 valence electrons. The van der Waals surface area contributed by atoms with Crippen molar-refractivity contribution in [3.63, 3.8) is 0 Å². The van der Waals surface area contributed by atoms with Gasteiger partial charge in [0, 0.05) is 45.8 Å². The molecule has 1 aromatic carbocycles. The van der Waals surface area contributed by atoms with Crippen LogP contribution in [-0.2, 0) is 17.5 Å². The van der Waals surface area contributed by atoms with E-state index in [4.69, 9.17) is 0 Å². The number of piperazine rings is 1. The van der Waals surface area contributed by atoms with Crippen LogP contribution in [0.25, 0.3) is 0 Å². The topological polar surface area (TPSA) is 51.2 Å². The number of amides is 1. The summed E-state index contributed by atoms with van der Waals surface area (Å²) in [5.74, 6) is 0.897. The summed E-state index contributed by atoms with van der Waals surface area (Å²) in [5.41, 5.74) is -0.135. The van der Waals surface area contributed by atoms with Crippen molar-refractivity contribution in [1.82, 2.24) is 20.0 Å². The van der Waals surface area contributed by atoms with E-state index in [1.54, 1.807) is 6.07 Å². The lowest BCUT2D eigenvalue weighted by Gasteiger charge is -2.39. The second-order valence-electron chi connectivity index (χ2n) is 8.10. The number of hydrogen-bond acceptors (Lipinski definition) is 3. The zero-order chi connectivity index (χ0) is 22.4. The van der Waals surface area contributed by atoms with E-state index >= 15 is 0 Å². The average molecular weight is 567 g/mol. The summed E-state index contributed by atoms with van der Waals surface area (Å²) in [4.78, 5) is 23.5. The molecule has 32 heavy (non-hydrogen) atoms. The smallest absolute Gasteiger partial charge is 0.357 e. The van der Waals surface area contributed by atoms with Crippen molar-refractivity contribution in [2.24, 2.45) is 4.99 Å². The summed E-state index contributed by atoms with van der Waals surface area (Å²) >= 11 is 0. The first-order valence-corrected chi connectivity index (χ1v) is 11.0. The number of nitrogens with one attached hydrogen (secondary N) is 1. The Morgan fingerprint density at radius 3 is 2.34 bits per heavy atom. The van der Waals surface area contributed by atoms with Gasteiger partial charge in [-0.1, -0.05) is 12.1 Å². The molecule has 6 nitrogen and oxygen atoms in total. The van der Waals surface area contributed by atoms with Crippen LogP contribution in [0.2, 0.25) is 0 Å². The number of benzene rings is 1. The summed E-state index contributed by atoms with van der Waals surface area (Å²) < 4.78 is 38.8. The van der Waals surface area contributed by atoms with E-state index in [1.165, 1.54) is 6.07 Å². The van der Waals surface area contributed by atoms with Gasteiger partial charge in [0.05, 0.1) is 18.2 Å².